The quantitative estimate of drug-likeness (QED) is 0.126. The number of carbonyl (C=O) groups is 3. The van der Waals surface area contributed by atoms with Crippen LogP contribution in [0.5, 0.6) is 17.2 Å². The SMILES string of the molecule is CC(C)C(=O)CCOCC(=O)Oc1c(I)cc(Oc2c(I)cc(C[C@H](N)C(=O)O)cc2I)cc1I. The minimum atomic E-state index is -1.05. The van der Waals surface area contributed by atoms with Gasteiger partial charge in [0.1, 0.15) is 24.2 Å². The third kappa shape index (κ3) is 9.82. The number of ether oxygens (including phenoxy) is 3. The molecule has 0 aliphatic carbocycles. The lowest BCUT2D eigenvalue weighted by Gasteiger charge is -2.15. The van der Waals surface area contributed by atoms with E-state index in [-0.39, 0.29) is 37.8 Å². The summed E-state index contributed by atoms with van der Waals surface area (Å²) in [6.07, 6.45) is 0.478. The molecule has 190 valence electrons. The third-order valence-electron chi connectivity index (χ3n) is 4.60. The number of aliphatic carboxylic acids is 1. The summed E-state index contributed by atoms with van der Waals surface area (Å²) >= 11 is 8.42. The molecule has 0 fully saturated rings. The monoisotopic (exact) mass is 933 g/mol. The van der Waals surface area contributed by atoms with Gasteiger partial charge in [-0.2, -0.15) is 0 Å². The van der Waals surface area contributed by atoms with Crippen molar-refractivity contribution in [2.24, 2.45) is 11.7 Å². The van der Waals surface area contributed by atoms with Crippen LogP contribution in [-0.2, 0) is 25.5 Å². The summed E-state index contributed by atoms with van der Waals surface area (Å²) in [5.74, 6) is 0.0362. The number of carboxylic acid groups (broad SMARTS) is 1. The summed E-state index contributed by atoms with van der Waals surface area (Å²) in [5, 5.41) is 9.05. The lowest BCUT2D eigenvalue weighted by molar-refractivity contribution is -0.140. The Kier molecular flexibility index (Phi) is 12.9. The standard InChI is InChI=1S/C23H23I4NO7/c1-11(2)19(29)3-4-33-10-20(30)35-22-16(26)8-13(9-17(22)27)34-21-14(24)5-12(6-15(21)25)7-18(28)23(31)32/h5-6,8-9,11,18H,3-4,7,10,28H2,1-2H3,(H,31,32)/t18-/m0/s1. The number of nitrogens with two attached hydrogens (primary N) is 1. The minimum absolute atomic E-state index is 0.0609. The van der Waals surface area contributed by atoms with Gasteiger partial charge in [0.2, 0.25) is 0 Å². The Bertz CT molecular complexity index is 1060. The Labute approximate surface area is 258 Å². The molecule has 0 saturated heterocycles. The highest BCUT2D eigenvalue weighted by Gasteiger charge is 2.18. The van der Waals surface area contributed by atoms with E-state index < -0.39 is 18.0 Å². The van der Waals surface area contributed by atoms with Crippen molar-refractivity contribution in [3.63, 3.8) is 0 Å². The van der Waals surface area contributed by atoms with Gasteiger partial charge in [-0.3, -0.25) is 9.59 Å². The number of Topliss-reactive ketones (excluding diaryl/α,β-unsaturated/α-hetero) is 1. The van der Waals surface area contributed by atoms with Crippen LogP contribution in [0.25, 0.3) is 0 Å². The van der Waals surface area contributed by atoms with Crippen molar-refractivity contribution < 1.29 is 33.7 Å². The summed E-state index contributed by atoms with van der Waals surface area (Å²) in [7, 11) is 0. The third-order valence-corrected chi connectivity index (χ3v) is 7.80. The maximum atomic E-state index is 12.2. The molecule has 2 rings (SSSR count). The van der Waals surface area contributed by atoms with Gasteiger partial charge in [0.05, 0.1) is 20.9 Å². The van der Waals surface area contributed by atoms with Crippen molar-refractivity contribution in [1.29, 1.82) is 0 Å². The molecule has 0 aliphatic rings. The van der Waals surface area contributed by atoms with E-state index in [1.165, 1.54) is 0 Å². The molecule has 0 spiro atoms. The number of ketones is 1. The van der Waals surface area contributed by atoms with Gasteiger partial charge < -0.3 is 25.1 Å². The first-order chi connectivity index (χ1) is 16.4. The molecule has 0 aromatic heterocycles. The van der Waals surface area contributed by atoms with Gasteiger partial charge in [-0.15, -0.1) is 0 Å². The Hall–Kier alpha value is -0.310. The van der Waals surface area contributed by atoms with Crippen LogP contribution in [0.2, 0.25) is 0 Å². The van der Waals surface area contributed by atoms with Crippen LogP contribution in [0.1, 0.15) is 25.8 Å². The second-order valence-electron chi connectivity index (χ2n) is 7.75. The van der Waals surface area contributed by atoms with E-state index in [2.05, 4.69) is 90.4 Å². The van der Waals surface area contributed by atoms with E-state index in [0.717, 1.165) is 12.7 Å². The smallest absolute Gasteiger partial charge is 0.337 e. The van der Waals surface area contributed by atoms with Crippen LogP contribution >= 0.6 is 90.4 Å². The molecule has 8 nitrogen and oxygen atoms in total. The van der Waals surface area contributed by atoms with E-state index in [9.17, 15) is 14.4 Å². The van der Waals surface area contributed by atoms with E-state index >= 15 is 0 Å². The largest absolute Gasteiger partial charge is 0.480 e. The van der Waals surface area contributed by atoms with Crippen LogP contribution in [0.15, 0.2) is 24.3 Å². The fourth-order valence-corrected chi connectivity index (χ4v) is 6.79. The van der Waals surface area contributed by atoms with Crippen molar-refractivity contribution in [3.8, 4) is 17.2 Å². The molecule has 0 aliphatic heterocycles. The second-order valence-corrected chi connectivity index (χ2v) is 12.4. The van der Waals surface area contributed by atoms with Crippen LogP contribution in [0.3, 0.4) is 0 Å². The van der Waals surface area contributed by atoms with Crippen LogP contribution < -0.4 is 15.2 Å². The Balaban J connectivity index is 2.05. The normalized spacial score (nSPS) is 11.9. The van der Waals surface area contributed by atoms with Crippen LogP contribution in [0.4, 0.5) is 0 Å². The highest BCUT2D eigenvalue weighted by atomic mass is 127. The predicted octanol–water partition coefficient (Wildman–Crippen LogP) is 5.39. The van der Waals surface area contributed by atoms with Crippen LogP contribution in [0, 0.1) is 20.2 Å². The molecule has 2 aromatic rings. The fourth-order valence-electron chi connectivity index (χ4n) is 2.74. The summed E-state index contributed by atoms with van der Waals surface area (Å²) in [5.41, 5.74) is 6.46. The molecule has 0 radical (unpaired) electrons. The number of hydrogen-bond donors (Lipinski definition) is 2. The highest BCUT2D eigenvalue weighted by molar-refractivity contribution is 14.1. The van der Waals surface area contributed by atoms with Crippen LogP contribution in [-0.4, -0.2) is 42.1 Å². The molecule has 12 heteroatoms. The number of carboxylic acids is 1. The molecule has 0 saturated carbocycles. The number of halogens is 4. The van der Waals surface area contributed by atoms with E-state index in [1.807, 2.05) is 26.0 Å². The van der Waals surface area contributed by atoms with Gasteiger partial charge in [0.25, 0.3) is 0 Å². The molecule has 0 heterocycles. The topological polar surface area (TPSA) is 125 Å². The number of rotatable bonds is 12. The average molecular weight is 933 g/mol. The van der Waals surface area contributed by atoms with E-state index in [4.69, 9.17) is 25.1 Å². The second kappa shape index (κ2) is 14.6. The van der Waals surface area contributed by atoms with Gasteiger partial charge >= 0.3 is 11.9 Å². The zero-order valence-corrected chi connectivity index (χ0v) is 27.4. The predicted molar refractivity (Wildman–Crippen MR) is 164 cm³/mol. The lowest BCUT2D eigenvalue weighted by atomic mass is 10.1. The summed E-state index contributed by atoms with van der Waals surface area (Å²) in [6, 6.07) is 6.24. The summed E-state index contributed by atoms with van der Waals surface area (Å²) in [4.78, 5) is 34.9. The molecule has 0 bridgehead atoms. The zero-order valence-electron chi connectivity index (χ0n) is 18.8. The van der Waals surface area contributed by atoms with Gasteiger partial charge in [-0.1, -0.05) is 13.8 Å². The van der Waals surface area contributed by atoms with E-state index in [1.54, 1.807) is 12.1 Å². The number of esters is 1. The summed E-state index contributed by atoms with van der Waals surface area (Å²) < 4.78 is 19.9. The van der Waals surface area contributed by atoms with Gasteiger partial charge in [0.15, 0.2) is 11.5 Å². The van der Waals surface area contributed by atoms with E-state index in [0.29, 0.717) is 24.4 Å². The number of benzene rings is 2. The molecule has 3 N–H and O–H groups in total. The molecule has 35 heavy (non-hydrogen) atoms. The van der Waals surface area contributed by atoms with Crippen molar-refractivity contribution in [2.75, 3.05) is 13.2 Å². The molecule has 1 atom stereocenters. The average Bonchev–Trinajstić information content (AvgIpc) is 2.76. The minimum Gasteiger partial charge on any atom is -0.480 e. The molecular formula is C23H23I4NO7. The maximum Gasteiger partial charge on any atom is 0.337 e. The fraction of sp³-hybridized carbons (Fsp3) is 0.348. The van der Waals surface area contributed by atoms with Crippen molar-refractivity contribution in [1.82, 2.24) is 0 Å². The van der Waals surface area contributed by atoms with Crippen molar-refractivity contribution in [3.05, 3.63) is 44.1 Å². The molecular weight excluding hydrogens is 910 g/mol. The molecule has 0 unspecified atom stereocenters. The van der Waals surface area contributed by atoms with Gasteiger partial charge in [0, 0.05) is 12.3 Å². The number of hydrogen-bond acceptors (Lipinski definition) is 7. The van der Waals surface area contributed by atoms with Gasteiger partial charge in [-0.25, -0.2) is 4.79 Å². The Morgan fingerprint density at radius 2 is 1.49 bits per heavy atom. The number of carbonyl (C=O) groups excluding carboxylic acids is 2. The first-order valence-corrected chi connectivity index (χ1v) is 14.6. The molecule has 2 aromatic carbocycles. The van der Waals surface area contributed by atoms with Crippen molar-refractivity contribution in [2.45, 2.75) is 32.7 Å². The molecule has 0 amide bonds. The highest BCUT2D eigenvalue weighted by Crippen LogP contribution is 2.37. The zero-order chi connectivity index (χ0) is 26.3. The Morgan fingerprint density at radius 1 is 0.943 bits per heavy atom. The first kappa shape index (κ1) is 30.9. The maximum absolute atomic E-state index is 12.2. The van der Waals surface area contributed by atoms with Gasteiger partial charge in [-0.05, 0) is 127 Å². The first-order valence-electron chi connectivity index (χ1n) is 10.3. The Morgan fingerprint density at radius 3 is 2.00 bits per heavy atom. The van der Waals surface area contributed by atoms with Crippen molar-refractivity contribution >= 4 is 108 Å². The lowest BCUT2D eigenvalue weighted by Crippen LogP contribution is -2.32. The summed E-state index contributed by atoms with van der Waals surface area (Å²) in [6.45, 7) is 3.57.